The fraction of sp³-hybridized carbons (Fsp3) is 0.375. The van der Waals surface area contributed by atoms with E-state index < -0.39 is 12.9 Å². The molecule has 0 saturated carbocycles. The minimum Gasteiger partial charge on any atom is -0.506 e. The van der Waals surface area contributed by atoms with Gasteiger partial charge in [-0.05, 0) is 6.92 Å². The molecule has 6 nitrogen and oxygen atoms in total. The van der Waals surface area contributed by atoms with Gasteiger partial charge in [0.15, 0.2) is 6.29 Å². The molecule has 0 aliphatic heterocycles. The summed E-state index contributed by atoms with van der Waals surface area (Å²) in [6.45, 7) is 1.14. The highest BCUT2D eigenvalue weighted by Gasteiger charge is 2.16. The molecule has 6 heteroatoms. The highest BCUT2D eigenvalue weighted by atomic mass is 16.5. The Morgan fingerprint density at radius 1 is 1.43 bits per heavy atom. The molecule has 0 aliphatic carbocycles. The first kappa shape index (κ1) is 12.8. The summed E-state index contributed by atoms with van der Waals surface area (Å²) in [7, 11) is 0. The van der Waals surface area contributed by atoms with E-state index in [0.29, 0.717) is 5.69 Å². The van der Waals surface area contributed by atoms with Crippen LogP contribution in [0.2, 0.25) is 0 Å². The maximum atomic E-state index is 9.39. The lowest BCUT2D eigenvalue weighted by atomic mass is 10.1. The molecule has 0 atom stereocenters. The first-order valence-electron chi connectivity index (χ1n) is 3.72. The molecule has 0 fully saturated rings. The van der Waals surface area contributed by atoms with E-state index in [-0.39, 0.29) is 22.4 Å². The molecule has 0 radical (unpaired) electrons. The third kappa shape index (κ3) is 2.18. The molecule has 14 heavy (non-hydrogen) atoms. The molecular formula is C8H13NO5. The summed E-state index contributed by atoms with van der Waals surface area (Å²) in [4.78, 5) is 3.76. The first-order valence-corrected chi connectivity index (χ1v) is 3.72. The topological polar surface area (TPSA) is 125 Å². The Bertz CT molecular complexity index is 313. The maximum Gasteiger partial charge on any atom is 0.182 e. The van der Waals surface area contributed by atoms with Gasteiger partial charge in [-0.3, -0.25) is 4.98 Å². The second kappa shape index (κ2) is 4.87. The van der Waals surface area contributed by atoms with Crippen LogP contribution in [0.15, 0.2) is 6.20 Å². The Morgan fingerprint density at radius 2 is 2.00 bits per heavy atom. The molecule has 0 unspecified atom stereocenters. The highest BCUT2D eigenvalue weighted by molar-refractivity contribution is 5.41. The maximum absolute atomic E-state index is 9.39. The van der Waals surface area contributed by atoms with Crippen molar-refractivity contribution >= 4 is 0 Å². The number of hydrogen-bond donors (Lipinski definition) is 4. The Hall–Kier alpha value is -1.21. The predicted molar refractivity (Wildman–Crippen MR) is 47.4 cm³/mol. The normalized spacial score (nSPS) is 10.1. The molecule has 0 amide bonds. The van der Waals surface area contributed by atoms with E-state index >= 15 is 0 Å². The number of nitrogens with zero attached hydrogens (tertiary/aromatic N) is 1. The molecule has 6 N–H and O–H groups in total. The van der Waals surface area contributed by atoms with Crippen molar-refractivity contribution in [2.24, 2.45) is 0 Å². The summed E-state index contributed by atoms with van der Waals surface area (Å²) < 4.78 is 0. The van der Waals surface area contributed by atoms with E-state index in [1.165, 1.54) is 13.1 Å². The van der Waals surface area contributed by atoms with Crippen molar-refractivity contribution < 1.29 is 25.9 Å². The molecular weight excluding hydrogens is 190 g/mol. The van der Waals surface area contributed by atoms with E-state index in [9.17, 15) is 5.11 Å². The van der Waals surface area contributed by atoms with Crippen LogP contribution in [-0.2, 0) is 6.61 Å². The van der Waals surface area contributed by atoms with Gasteiger partial charge < -0.3 is 25.9 Å². The zero-order chi connectivity index (χ0) is 10.0. The third-order valence-corrected chi connectivity index (χ3v) is 1.79. The molecule has 0 saturated heterocycles. The number of hydrogen-bond acceptors (Lipinski definition) is 5. The van der Waals surface area contributed by atoms with E-state index in [2.05, 4.69) is 4.98 Å². The van der Waals surface area contributed by atoms with Crippen molar-refractivity contribution in [3.05, 3.63) is 23.0 Å². The van der Waals surface area contributed by atoms with Crippen molar-refractivity contribution in [1.29, 1.82) is 0 Å². The molecule has 1 aromatic heterocycles. The summed E-state index contributed by atoms with van der Waals surface area (Å²) >= 11 is 0. The molecule has 1 rings (SSSR count). The number of aliphatic hydroxyl groups is 3. The average molecular weight is 203 g/mol. The largest absolute Gasteiger partial charge is 0.506 e. The van der Waals surface area contributed by atoms with Crippen LogP contribution in [0.5, 0.6) is 5.75 Å². The summed E-state index contributed by atoms with van der Waals surface area (Å²) in [6, 6.07) is 0. The number of rotatable bonds is 2. The van der Waals surface area contributed by atoms with Gasteiger partial charge in [-0.1, -0.05) is 0 Å². The Morgan fingerprint density at radius 3 is 2.43 bits per heavy atom. The SMILES string of the molecule is Cc1ncc(CO)c(C(O)O)c1O.O. The lowest BCUT2D eigenvalue weighted by Crippen LogP contribution is -2.04. The van der Waals surface area contributed by atoms with Crippen LogP contribution >= 0.6 is 0 Å². The van der Waals surface area contributed by atoms with E-state index in [4.69, 9.17) is 15.3 Å². The standard InChI is InChI=1S/C8H11NO4.H2O/c1-4-7(11)6(8(12)13)5(3-10)2-9-4;/h2,8,10-13H,3H2,1H3;1H2. The van der Waals surface area contributed by atoms with Crippen molar-refractivity contribution in [3.8, 4) is 5.75 Å². The molecule has 80 valence electrons. The van der Waals surface area contributed by atoms with Gasteiger partial charge >= 0.3 is 0 Å². The average Bonchev–Trinajstić information content (AvgIpc) is 2.08. The van der Waals surface area contributed by atoms with E-state index in [0.717, 1.165) is 0 Å². The highest BCUT2D eigenvalue weighted by Crippen LogP contribution is 2.28. The summed E-state index contributed by atoms with van der Waals surface area (Å²) in [5, 5.41) is 36.0. The second-order valence-corrected chi connectivity index (χ2v) is 2.66. The quantitative estimate of drug-likeness (QED) is 0.447. The van der Waals surface area contributed by atoms with Gasteiger partial charge in [0, 0.05) is 11.8 Å². The van der Waals surface area contributed by atoms with Crippen molar-refractivity contribution in [2.45, 2.75) is 19.8 Å². The van der Waals surface area contributed by atoms with E-state index in [1.807, 2.05) is 0 Å². The van der Waals surface area contributed by atoms with Crippen LogP contribution in [0.25, 0.3) is 0 Å². The zero-order valence-corrected chi connectivity index (χ0v) is 7.60. The summed E-state index contributed by atoms with van der Waals surface area (Å²) in [5.41, 5.74) is 0.411. The molecule has 0 aromatic carbocycles. The first-order chi connectivity index (χ1) is 6.07. The molecule has 0 bridgehead atoms. The Balaban J connectivity index is 0.00000169. The molecule has 1 aromatic rings. The van der Waals surface area contributed by atoms with Gasteiger partial charge in [0.2, 0.25) is 0 Å². The number of aryl methyl sites for hydroxylation is 1. The number of pyridine rings is 1. The Kier molecular flexibility index (Phi) is 4.45. The van der Waals surface area contributed by atoms with Crippen LogP contribution in [-0.4, -0.2) is 30.9 Å². The summed E-state index contributed by atoms with van der Waals surface area (Å²) in [6.07, 6.45) is -0.507. The monoisotopic (exact) mass is 203 g/mol. The van der Waals surface area contributed by atoms with Crippen LogP contribution in [0.4, 0.5) is 0 Å². The number of aromatic nitrogens is 1. The van der Waals surface area contributed by atoms with Gasteiger partial charge in [0.25, 0.3) is 0 Å². The smallest absolute Gasteiger partial charge is 0.182 e. The Labute approximate surface area is 80.4 Å². The van der Waals surface area contributed by atoms with Gasteiger partial charge in [0.1, 0.15) is 5.75 Å². The molecule has 0 aliphatic rings. The van der Waals surface area contributed by atoms with Crippen LogP contribution in [0.3, 0.4) is 0 Å². The minimum atomic E-state index is -1.80. The number of aliphatic hydroxyl groups excluding tert-OH is 2. The number of aromatic hydroxyl groups is 1. The van der Waals surface area contributed by atoms with Gasteiger partial charge in [-0.15, -0.1) is 0 Å². The molecule has 0 spiro atoms. The van der Waals surface area contributed by atoms with Crippen LogP contribution in [0.1, 0.15) is 23.1 Å². The summed E-state index contributed by atoms with van der Waals surface area (Å²) in [5.74, 6) is -0.290. The lowest BCUT2D eigenvalue weighted by molar-refractivity contribution is -0.0453. The fourth-order valence-electron chi connectivity index (χ4n) is 1.07. The van der Waals surface area contributed by atoms with Crippen LogP contribution in [0, 0.1) is 6.92 Å². The lowest BCUT2D eigenvalue weighted by Gasteiger charge is -2.12. The van der Waals surface area contributed by atoms with E-state index in [1.54, 1.807) is 0 Å². The molecule has 1 heterocycles. The van der Waals surface area contributed by atoms with Gasteiger partial charge in [0.05, 0.1) is 17.9 Å². The van der Waals surface area contributed by atoms with Gasteiger partial charge in [-0.25, -0.2) is 0 Å². The van der Waals surface area contributed by atoms with Gasteiger partial charge in [-0.2, -0.15) is 0 Å². The zero-order valence-electron chi connectivity index (χ0n) is 7.60. The van der Waals surface area contributed by atoms with Crippen LogP contribution < -0.4 is 0 Å². The predicted octanol–water partition coefficient (Wildman–Crippen LogP) is -1.25. The minimum absolute atomic E-state index is 0. The second-order valence-electron chi connectivity index (χ2n) is 2.66. The van der Waals surface area contributed by atoms with Crippen molar-refractivity contribution in [3.63, 3.8) is 0 Å². The van der Waals surface area contributed by atoms with Crippen molar-refractivity contribution in [2.75, 3.05) is 0 Å². The van der Waals surface area contributed by atoms with Crippen molar-refractivity contribution in [1.82, 2.24) is 4.98 Å². The third-order valence-electron chi connectivity index (χ3n) is 1.79. The fourth-order valence-corrected chi connectivity index (χ4v) is 1.07.